The Kier molecular flexibility index (Phi) is 4.93. The van der Waals surface area contributed by atoms with Gasteiger partial charge in [0.25, 0.3) is 5.69 Å². The molecule has 1 amide bonds. The number of amides is 1. The van der Waals surface area contributed by atoms with E-state index in [1.807, 2.05) is 0 Å². The van der Waals surface area contributed by atoms with Gasteiger partial charge in [0.1, 0.15) is 0 Å². The smallest absolute Gasteiger partial charge is 0.278 e. The first-order valence-corrected chi connectivity index (χ1v) is 7.97. The van der Waals surface area contributed by atoms with Gasteiger partial charge in [-0.3, -0.25) is 14.9 Å². The number of benzene rings is 2. The van der Waals surface area contributed by atoms with Gasteiger partial charge < -0.3 is 14.2 Å². The molecule has 9 nitrogen and oxygen atoms in total. The molecule has 0 radical (unpaired) electrons. The molecule has 2 aromatic carbocycles. The number of methoxy groups -OCH3 is 2. The van der Waals surface area contributed by atoms with Crippen molar-refractivity contribution >= 4 is 17.5 Å². The van der Waals surface area contributed by atoms with Crippen LogP contribution in [0.5, 0.6) is 11.5 Å². The molecule has 0 aliphatic carbocycles. The van der Waals surface area contributed by atoms with Crippen LogP contribution in [0.2, 0.25) is 0 Å². The van der Waals surface area contributed by atoms with Gasteiger partial charge in [0.05, 0.1) is 24.7 Å². The largest absolute Gasteiger partial charge is 0.493 e. The zero-order valence-corrected chi connectivity index (χ0v) is 14.9. The molecule has 0 spiro atoms. The summed E-state index contributed by atoms with van der Waals surface area (Å²) < 4.78 is 16.3. The Hall–Kier alpha value is -3.62. The van der Waals surface area contributed by atoms with Crippen molar-refractivity contribution in [2.75, 3.05) is 14.2 Å². The van der Waals surface area contributed by atoms with Crippen molar-refractivity contribution in [1.29, 1.82) is 0 Å². The van der Waals surface area contributed by atoms with E-state index in [0.717, 1.165) is 5.01 Å². The van der Waals surface area contributed by atoms with E-state index in [1.54, 1.807) is 30.3 Å². The van der Waals surface area contributed by atoms with Crippen molar-refractivity contribution in [1.82, 2.24) is 5.01 Å². The molecule has 0 saturated carbocycles. The summed E-state index contributed by atoms with van der Waals surface area (Å²) in [7, 11) is 3.01. The van der Waals surface area contributed by atoms with E-state index in [1.165, 1.54) is 33.3 Å². The summed E-state index contributed by atoms with van der Waals surface area (Å²) >= 11 is 0. The number of carbonyl (C=O) groups is 1. The van der Waals surface area contributed by atoms with Crippen LogP contribution in [0.1, 0.15) is 24.3 Å². The van der Waals surface area contributed by atoms with Crippen molar-refractivity contribution in [3.8, 4) is 11.5 Å². The molecule has 3 rings (SSSR count). The molecular formula is C18H17N3O6. The molecule has 0 unspecified atom stereocenters. The second-order valence-corrected chi connectivity index (χ2v) is 5.62. The molecule has 0 aromatic heterocycles. The third kappa shape index (κ3) is 3.39. The summed E-state index contributed by atoms with van der Waals surface area (Å²) in [5.41, 5.74) is 0.620. The predicted octanol–water partition coefficient (Wildman–Crippen LogP) is 2.85. The van der Waals surface area contributed by atoms with E-state index in [-0.39, 0.29) is 17.1 Å². The van der Waals surface area contributed by atoms with Gasteiger partial charge in [-0.2, -0.15) is 5.01 Å². The summed E-state index contributed by atoms with van der Waals surface area (Å²) in [6, 6.07) is 11.1. The number of nitro groups is 1. The molecule has 0 saturated heterocycles. The average molecular weight is 371 g/mol. The first-order chi connectivity index (χ1) is 13.0. The zero-order valence-electron chi connectivity index (χ0n) is 14.9. The standard InChI is InChI=1S/C18H17N3O6/c1-11(22)20-18(13-6-4-5-7-14(13)21(23)24)27-17(19-20)12-8-9-15(25-2)16(10-12)26-3/h4-10,18H,1-3H3/t18-/m0/s1. The fourth-order valence-electron chi connectivity index (χ4n) is 2.72. The number of rotatable bonds is 5. The van der Waals surface area contributed by atoms with E-state index < -0.39 is 17.1 Å². The number of nitrogens with zero attached hydrogens (tertiary/aromatic N) is 3. The summed E-state index contributed by atoms with van der Waals surface area (Å²) in [4.78, 5) is 22.9. The maximum atomic E-state index is 12.0. The zero-order chi connectivity index (χ0) is 19.6. The molecule has 140 valence electrons. The van der Waals surface area contributed by atoms with Gasteiger partial charge >= 0.3 is 0 Å². The van der Waals surface area contributed by atoms with Gasteiger partial charge in [-0.25, -0.2) is 0 Å². The lowest BCUT2D eigenvalue weighted by molar-refractivity contribution is -0.386. The van der Waals surface area contributed by atoms with Crippen LogP contribution in [0.25, 0.3) is 0 Å². The van der Waals surface area contributed by atoms with Gasteiger partial charge in [0.15, 0.2) is 11.5 Å². The van der Waals surface area contributed by atoms with Gasteiger partial charge in [0.2, 0.25) is 18.0 Å². The first-order valence-electron chi connectivity index (χ1n) is 7.97. The second kappa shape index (κ2) is 7.32. The summed E-state index contributed by atoms with van der Waals surface area (Å²) in [5, 5.41) is 16.6. The molecular weight excluding hydrogens is 354 g/mol. The lowest BCUT2D eigenvalue weighted by Gasteiger charge is -2.19. The Balaban J connectivity index is 2.01. The van der Waals surface area contributed by atoms with Crippen LogP contribution in [0.3, 0.4) is 0 Å². The third-order valence-electron chi connectivity index (χ3n) is 4.00. The molecule has 27 heavy (non-hydrogen) atoms. The minimum atomic E-state index is -1.04. The minimum Gasteiger partial charge on any atom is -0.493 e. The third-order valence-corrected chi connectivity index (χ3v) is 4.00. The van der Waals surface area contributed by atoms with Crippen LogP contribution in [0.4, 0.5) is 5.69 Å². The van der Waals surface area contributed by atoms with Crippen molar-refractivity contribution in [2.24, 2.45) is 5.10 Å². The molecule has 2 aromatic rings. The van der Waals surface area contributed by atoms with Crippen LogP contribution in [-0.4, -0.2) is 36.0 Å². The van der Waals surface area contributed by atoms with Crippen LogP contribution in [0, 0.1) is 10.1 Å². The van der Waals surface area contributed by atoms with Crippen LogP contribution in [0.15, 0.2) is 47.6 Å². The van der Waals surface area contributed by atoms with Crippen molar-refractivity contribution < 1.29 is 23.9 Å². The van der Waals surface area contributed by atoms with Crippen molar-refractivity contribution in [3.05, 3.63) is 63.7 Å². The number of carbonyl (C=O) groups excluding carboxylic acids is 1. The average Bonchev–Trinajstić information content (AvgIpc) is 3.13. The summed E-state index contributed by atoms with van der Waals surface area (Å²) in [5.74, 6) is 0.728. The maximum Gasteiger partial charge on any atom is 0.278 e. The highest BCUT2D eigenvalue weighted by Crippen LogP contribution is 2.36. The topological polar surface area (TPSA) is 104 Å². The SMILES string of the molecule is COc1ccc(C2=NN(C(C)=O)[C@H](c3ccccc3[N+](=O)[O-])O2)cc1OC. The number of hydrazone groups is 1. The molecule has 1 aliphatic heterocycles. The van der Waals surface area contributed by atoms with Gasteiger partial charge in [-0.05, 0) is 24.3 Å². The number of ether oxygens (including phenoxy) is 3. The highest BCUT2D eigenvalue weighted by atomic mass is 16.6. The molecule has 1 heterocycles. The van der Waals surface area contributed by atoms with Gasteiger partial charge in [0, 0.05) is 18.6 Å². The lowest BCUT2D eigenvalue weighted by atomic mass is 10.1. The van der Waals surface area contributed by atoms with Crippen molar-refractivity contribution in [2.45, 2.75) is 13.2 Å². The number of nitro benzene ring substituents is 1. The Labute approximate surface area is 154 Å². The van der Waals surface area contributed by atoms with E-state index in [9.17, 15) is 14.9 Å². The molecule has 0 bridgehead atoms. The Bertz CT molecular complexity index is 927. The Morgan fingerprint density at radius 1 is 1.19 bits per heavy atom. The number of para-hydroxylation sites is 1. The monoisotopic (exact) mass is 371 g/mol. The van der Waals surface area contributed by atoms with Crippen LogP contribution in [-0.2, 0) is 9.53 Å². The molecule has 0 fully saturated rings. The number of hydrogen-bond donors (Lipinski definition) is 0. The van der Waals surface area contributed by atoms with Crippen LogP contribution >= 0.6 is 0 Å². The van der Waals surface area contributed by atoms with E-state index >= 15 is 0 Å². The fraction of sp³-hybridized carbons (Fsp3) is 0.222. The summed E-state index contributed by atoms with van der Waals surface area (Å²) in [6.45, 7) is 1.31. The van der Waals surface area contributed by atoms with Gasteiger partial charge in [-0.15, -0.1) is 5.10 Å². The maximum absolute atomic E-state index is 12.0. The van der Waals surface area contributed by atoms with Crippen LogP contribution < -0.4 is 9.47 Å². The Morgan fingerprint density at radius 3 is 2.52 bits per heavy atom. The fourth-order valence-corrected chi connectivity index (χ4v) is 2.72. The quantitative estimate of drug-likeness (QED) is 0.591. The molecule has 0 N–H and O–H groups in total. The molecule has 1 atom stereocenters. The first kappa shape index (κ1) is 18.2. The second-order valence-electron chi connectivity index (χ2n) is 5.62. The highest BCUT2D eigenvalue weighted by molar-refractivity contribution is 5.97. The van der Waals surface area contributed by atoms with Crippen molar-refractivity contribution in [3.63, 3.8) is 0 Å². The highest BCUT2D eigenvalue weighted by Gasteiger charge is 2.37. The van der Waals surface area contributed by atoms with E-state index in [0.29, 0.717) is 17.1 Å². The van der Waals surface area contributed by atoms with E-state index in [2.05, 4.69) is 5.10 Å². The molecule has 1 aliphatic rings. The number of hydrogen-bond acceptors (Lipinski definition) is 7. The van der Waals surface area contributed by atoms with Gasteiger partial charge in [-0.1, -0.05) is 12.1 Å². The predicted molar refractivity (Wildman–Crippen MR) is 95.5 cm³/mol. The molecule has 9 heteroatoms. The van der Waals surface area contributed by atoms with E-state index in [4.69, 9.17) is 14.2 Å². The normalized spacial score (nSPS) is 15.7. The minimum absolute atomic E-state index is 0.148. The summed E-state index contributed by atoms with van der Waals surface area (Å²) in [6.07, 6.45) is -1.04. The lowest BCUT2D eigenvalue weighted by Crippen LogP contribution is -2.25. The Morgan fingerprint density at radius 2 is 1.89 bits per heavy atom.